The number of ether oxygens (including phenoxy) is 1. The van der Waals surface area contributed by atoms with Crippen LogP contribution in [0.1, 0.15) is 23.5 Å². The molecule has 1 N–H and O–H groups in total. The lowest BCUT2D eigenvalue weighted by molar-refractivity contribution is 0.101. The van der Waals surface area contributed by atoms with E-state index in [9.17, 15) is 9.59 Å². The van der Waals surface area contributed by atoms with Gasteiger partial charge in [0, 0.05) is 13.3 Å². The standard InChI is InChI=1S/C18H19N3O3S/c1-12(10-24-2)21-17(23)13-6-3-4-7-14(13)20-18(21)25-11-16(22)15-8-5-9-19-15/h3-9,12,19H,10-11H2,1-2H3/t12-/m0/s1. The number of aromatic amines is 1. The second-order valence-corrected chi connectivity index (χ2v) is 6.63. The van der Waals surface area contributed by atoms with Gasteiger partial charge in [-0.15, -0.1) is 0 Å². The van der Waals surface area contributed by atoms with E-state index in [2.05, 4.69) is 9.97 Å². The van der Waals surface area contributed by atoms with E-state index in [1.165, 1.54) is 11.8 Å². The number of methoxy groups -OCH3 is 1. The second-order valence-electron chi connectivity index (χ2n) is 5.69. The molecule has 2 heterocycles. The molecule has 6 nitrogen and oxygen atoms in total. The van der Waals surface area contributed by atoms with Crippen molar-refractivity contribution in [2.75, 3.05) is 19.5 Å². The molecule has 3 rings (SSSR count). The van der Waals surface area contributed by atoms with Crippen LogP contribution in [-0.2, 0) is 4.74 Å². The normalized spacial score (nSPS) is 12.4. The molecule has 3 aromatic rings. The van der Waals surface area contributed by atoms with E-state index in [0.717, 1.165) is 0 Å². The van der Waals surface area contributed by atoms with Crippen LogP contribution in [0, 0.1) is 0 Å². The van der Waals surface area contributed by atoms with Crippen LogP contribution in [0.15, 0.2) is 52.5 Å². The van der Waals surface area contributed by atoms with Crippen molar-refractivity contribution in [3.8, 4) is 0 Å². The average molecular weight is 357 g/mol. The molecule has 2 aromatic heterocycles. The van der Waals surface area contributed by atoms with E-state index in [1.54, 1.807) is 42.1 Å². The minimum Gasteiger partial charge on any atom is -0.383 e. The molecule has 25 heavy (non-hydrogen) atoms. The number of ketones is 1. The van der Waals surface area contributed by atoms with Gasteiger partial charge in [0.25, 0.3) is 5.56 Å². The van der Waals surface area contributed by atoms with Gasteiger partial charge in [-0.3, -0.25) is 14.2 Å². The van der Waals surface area contributed by atoms with E-state index in [0.29, 0.717) is 28.4 Å². The molecular weight excluding hydrogens is 338 g/mol. The van der Waals surface area contributed by atoms with Gasteiger partial charge >= 0.3 is 0 Å². The van der Waals surface area contributed by atoms with Crippen LogP contribution in [0.5, 0.6) is 0 Å². The summed E-state index contributed by atoms with van der Waals surface area (Å²) >= 11 is 1.26. The molecule has 0 aliphatic heterocycles. The number of thioether (sulfide) groups is 1. The molecule has 0 bridgehead atoms. The first-order chi connectivity index (χ1) is 12.1. The highest BCUT2D eigenvalue weighted by molar-refractivity contribution is 7.99. The maximum Gasteiger partial charge on any atom is 0.262 e. The topological polar surface area (TPSA) is 77.0 Å². The molecule has 0 aliphatic carbocycles. The Morgan fingerprint density at radius 3 is 2.84 bits per heavy atom. The van der Waals surface area contributed by atoms with Crippen molar-refractivity contribution < 1.29 is 9.53 Å². The molecule has 0 saturated heterocycles. The number of carbonyl (C=O) groups excluding carboxylic acids is 1. The van der Waals surface area contributed by atoms with Crippen molar-refractivity contribution in [3.05, 3.63) is 58.6 Å². The number of para-hydroxylation sites is 1. The average Bonchev–Trinajstić information content (AvgIpc) is 3.14. The van der Waals surface area contributed by atoms with Gasteiger partial charge in [-0.05, 0) is 31.2 Å². The highest BCUT2D eigenvalue weighted by Gasteiger charge is 2.18. The number of carbonyl (C=O) groups is 1. The van der Waals surface area contributed by atoms with Crippen LogP contribution in [0.4, 0.5) is 0 Å². The molecule has 7 heteroatoms. The van der Waals surface area contributed by atoms with Gasteiger partial charge in [-0.1, -0.05) is 23.9 Å². The monoisotopic (exact) mass is 357 g/mol. The van der Waals surface area contributed by atoms with Gasteiger partial charge in [-0.2, -0.15) is 0 Å². The predicted molar refractivity (Wildman–Crippen MR) is 98.4 cm³/mol. The smallest absolute Gasteiger partial charge is 0.262 e. The molecule has 130 valence electrons. The summed E-state index contributed by atoms with van der Waals surface area (Å²) in [5.74, 6) is 0.161. The lowest BCUT2D eigenvalue weighted by atomic mass is 10.2. The molecule has 0 aliphatic rings. The quantitative estimate of drug-likeness (QED) is 0.400. The Morgan fingerprint density at radius 2 is 2.12 bits per heavy atom. The summed E-state index contributed by atoms with van der Waals surface area (Å²) < 4.78 is 6.81. The summed E-state index contributed by atoms with van der Waals surface area (Å²) in [5.41, 5.74) is 1.06. The first kappa shape index (κ1) is 17.4. The highest BCUT2D eigenvalue weighted by atomic mass is 32.2. The summed E-state index contributed by atoms with van der Waals surface area (Å²) in [7, 11) is 1.59. The Bertz CT molecular complexity index is 934. The van der Waals surface area contributed by atoms with Crippen molar-refractivity contribution in [1.82, 2.24) is 14.5 Å². The fraction of sp³-hybridized carbons (Fsp3) is 0.278. The molecule has 0 spiro atoms. The van der Waals surface area contributed by atoms with Gasteiger partial charge in [-0.25, -0.2) is 4.98 Å². The summed E-state index contributed by atoms with van der Waals surface area (Å²) in [5, 5.41) is 1.08. The van der Waals surface area contributed by atoms with Crippen molar-refractivity contribution in [3.63, 3.8) is 0 Å². The van der Waals surface area contributed by atoms with Crippen molar-refractivity contribution in [2.24, 2.45) is 0 Å². The molecule has 0 radical (unpaired) electrons. The predicted octanol–water partition coefficient (Wildman–Crippen LogP) is 2.91. The molecule has 0 saturated carbocycles. The maximum absolute atomic E-state index is 12.9. The fourth-order valence-corrected chi connectivity index (χ4v) is 3.62. The van der Waals surface area contributed by atoms with Crippen LogP contribution < -0.4 is 5.56 Å². The van der Waals surface area contributed by atoms with Gasteiger partial charge in [0.1, 0.15) is 0 Å². The zero-order valence-electron chi connectivity index (χ0n) is 14.1. The second kappa shape index (κ2) is 7.67. The van der Waals surface area contributed by atoms with Crippen LogP contribution in [0.25, 0.3) is 10.9 Å². The van der Waals surface area contributed by atoms with Crippen LogP contribution in [-0.4, -0.2) is 39.8 Å². The fourth-order valence-electron chi connectivity index (χ4n) is 2.64. The molecular formula is C18H19N3O3S. The van der Waals surface area contributed by atoms with E-state index < -0.39 is 0 Å². The number of nitrogens with one attached hydrogen (secondary N) is 1. The Balaban J connectivity index is 1.98. The Hall–Kier alpha value is -2.38. The number of benzene rings is 1. The number of nitrogens with zero attached hydrogens (tertiary/aromatic N) is 2. The molecule has 1 aromatic carbocycles. The minimum atomic E-state index is -0.183. The van der Waals surface area contributed by atoms with Crippen LogP contribution >= 0.6 is 11.8 Å². The molecule has 1 atom stereocenters. The summed E-state index contributed by atoms with van der Waals surface area (Å²) in [6.07, 6.45) is 1.71. The van der Waals surface area contributed by atoms with Crippen molar-refractivity contribution >= 4 is 28.4 Å². The zero-order valence-corrected chi connectivity index (χ0v) is 14.9. The van der Waals surface area contributed by atoms with Gasteiger partial charge in [0.2, 0.25) is 0 Å². The number of Topliss-reactive ketones (excluding diaryl/α,β-unsaturated/α-hetero) is 1. The van der Waals surface area contributed by atoms with Gasteiger partial charge < -0.3 is 9.72 Å². The van der Waals surface area contributed by atoms with E-state index in [4.69, 9.17) is 4.74 Å². The number of hydrogen-bond acceptors (Lipinski definition) is 5. The first-order valence-electron chi connectivity index (χ1n) is 7.91. The minimum absolute atomic E-state index is 0.0386. The third-order valence-corrected chi connectivity index (χ3v) is 4.81. The lowest BCUT2D eigenvalue weighted by Gasteiger charge is -2.18. The summed E-state index contributed by atoms with van der Waals surface area (Å²) in [4.78, 5) is 32.6. The summed E-state index contributed by atoms with van der Waals surface area (Å²) in [6.45, 7) is 2.29. The SMILES string of the molecule is COC[C@H](C)n1c(SCC(=O)c2ccc[nH]2)nc2ccccc2c1=O. The number of fused-ring (bicyclic) bond motifs is 1. The number of H-pyrrole nitrogens is 1. The Labute approximate surface area is 149 Å². The van der Waals surface area contributed by atoms with Gasteiger partial charge in [0.15, 0.2) is 10.9 Å². The largest absolute Gasteiger partial charge is 0.383 e. The molecule has 0 fully saturated rings. The van der Waals surface area contributed by atoms with E-state index in [1.807, 2.05) is 19.1 Å². The first-order valence-corrected chi connectivity index (χ1v) is 8.90. The Kier molecular flexibility index (Phi) is 5.35. The number of hydrogen-bond donors (Lipinski definition) is 1. The van der Waals surface area contributed by atoms with Crippen molar-refractivity contribution in [2.45, 2.75) is 18.1 Å². The Morgan fingerprint density at radius 1 is 1.32 bits per heavy atom. The van der Waals surface area contributed by atoms with E-state index in [-0.39, 0.29) is 23.1 Å². The van der Waals surface area contributed by atoms with E-state index >= 15 is 0 Å². The molecule has 0 unspecified atom stereocenters. The maximum atomic E-state index is 12.9. The zero-order chi connectivity index (χ0) is 17.8. The summed E-state index contributed by atoms with van der Waals surface area (Å²) in [6, 6.07) is 10.6. The number of rotatable bonds is 7. The highest BCUT2D eigenvalue weighted by Crippen LogP contribution is 2.22. The number of aromatic nitrogens is 3. The van der Waals surface area contributed by atoms with Crippen LogP contribution in [0.2, 0.25) is 0 Å². The van der Waals surface area contributed by atoms with Crippen molar-refractivity contribution in [1.29, 1.82) is 0 Å². The molecule has 0 amide bonds. The van der Waals surface area contributed by atoms with Crippen LogP contribution in [0.3, 0.4) is 0 Å². The third-order valence-electron chi connectivity index (χ3n) is 3.85. The third kappa shape index (κ3) is 3.67. The lowest BCUT2D eigenvalue weighted by Crippen LogP contribution is -2.28. The van der Waals surface area contributed by atoms with Gasteiger partial charge in [0.05, 0.1) is 35.0 Å².